The van der Waals surface area contributed by atoms with E-state index in [0.717, 1.165) is 0 Å². The molecule has 0 amide bonds. The number of halogens is 3. The Kier molecular flexibility index (Phi) is 3.96. The van der Waals surface area contributed by atoms with Crippen LogP contribution in [0.4, 0.5) is 19.1 Å². The van der Waals surface area contributed by atoms with Crippen molar-refractivity contribution in [2.75, 3.05) is 5.73 Å². The third kappa shape index (κ3) is 2.94. The molecular weight excluding hydrogens is 327 g/mol. The Morgan fingerprint density at radius 2 is 2.21 bits per heavy atom. The molecule has 2 N–H and O–H groups in total. The SMILES string of the molecule is C#CCn1c(=O)n(C2CCC(CC(F)(F)F)O2)c2nc(N)ncc21. The van der Waals surface area contributed by atoms with E-state index in [-0.39, 0.29) is 31.0 Å². The van der Waals surface area contributed by atoms with Crippen LogP contribution in [-0.2, 0) is 11.3 Å². The molecule has 2 aromatic heterocycles. The van der Waals surface area contributed by atoms with Gasteiger partial charge in [0.05, 0.1) is 25.3 Å². The topological polar surface area (TPSA) is 88.0 Å². The summed E-state index contributed by atoms with van der Waals surface area (Å²) in [7, 11) is 0. The number of nitrogens with two attached hydrogens (primary N) is 1. The molecule has 2 aromatic rings. The Balaban J connectivity index is 2.01. The molecule has 1 saturated heterocycles. The Hall–Kier alpha value is -2.54. The molecule has 0 aliphatic carbocycles. The van der Waals surface area contributed by atoms with Gasteiger partial charge in [-0.05, 0) is 12.8 Å². The average molecular weight is 341 g/mol. The number of nitrogen functional groups attached to an aromatic ring is 1. The molecule has 1 aliphatic rings. The van der Waals surface area contributed by atoms with Crippen LogP contribution < -0.4 is 11.4 Å². The number of nitrogens with zero attached hydrogens (tertiary/aromatic N) is 4. The van der Waals surface area contributed by atoms with Gasteiger partial charge in [-0.2, -0.15) is 18.2 Å². The van der Waals surface area contributed by atoms with Gasteiger partial charge in [0.2, 0.25) is 5.95 Å². The van der Waals surface area contributed by atoms with Crippen LogP contribution in [0.5, 0.6) is 0 Å². The molecule has 7 nitrogen and oxygen atoms in total. The number of imidazole rings is 1. The minimum absolute atomic E-state index is 0.0195. The lowest BCUT2D eigenvalue weighted by Crippen LogP contribution is -2.28. The summed E-state index contributed by atoms with van der Waals surface area (Å²) in [5.41, 5.74) is 5.60. The van der Waals surface area contributed by atoms with Gasteiger partial charge in [-0.25, -0.2) is 14.3 Å². The normalized spacial score (nSPS) is 21.2. The molecule has 10 heteroatoms. The van der Waals surface area contributed by atoms with Crippen LogP contribution in [0.2, 0.25) is 0 Å². The van der Waals surface area contributed by atoms with Gasteiger partial charge in [-0.1, -0.05) is 5.92 Å². The Morgan fingerprint density at radius 1 is 1.46 bits per heavy atom. The molecule has 3 rings (SSSR count). The zero-order chi connectivity index (χ0) is 17.5. The second kappa shape index (κ2) is 5.83. The molecule has 0 aromatic carbocycles. The van der Waals surface area contributed by atoms with Crippen molar-refractivity contribution in [2.45, 2.75) is 44.3 Å². The highest BCUT2D eigenvalue weighted by molar-refractivity contribution is 5.72. The third-order valence-electron chi connectivity index (χ3n) is 3.81. The standard InChI is InChI=1S/C14H14F3N5O2/c1-2-5-21-9-7-19-12(18)20-11(9)22(13(21)23)10-4-3-8(24-10)6-14(15,16)17/h1,7-8,10H,3-6H2,(H2,18,19,20). The number of fused-ring (bicyclic) bond motifs is 1. The van der Waals surface area contributed by atoms with Crippen LogP contribution >= 0.6 is 0 Å². The molecule has 0 bridgehead atoms. The number of hydrogen-bond acceptors (Lipinski definition) is 5. The van der Waals surface area contributed by atoms with Crippen LogP contribution in [0, 0.1) is 12.3 Å². The monoisotopic (exact) mass is 341 g/mol. The van der Waals surface area contributed by atoms with Crippen LogP contribution in [-0.4, -0.2) is 31.4 Å². The van der Waals surface area contributed by atoms with Crippen LogP contribution in [0.1, 0.15) is 25.5 Å². The fourth-order valence-corrected chi connectivity index (χ4v) is 2.86. The Morgan fingerprint density at radius 3 is 2.88 bits per heavy atom. The van der Waals surface area contributed by atoms with Gasteiger partial charge < -0.3 is 10.5 Å². The lowest BCUT2D eigenvalue weighted by atomic mass is 10.2. The lowest BCUT2D eigenvalue weighted by molar-refractivity contribution is -0.162. The van der Waals surface area contributed by atoms with E-state index in [4.69, 9.17) is 16.9 Å². The fourth-order valence-electron chi connectivity index (χ4n) is 2.86. The van der Waals surface area contributed by atoms with E-state index in [1.54, 1.807) is 0 Å². The summed E-state index contributed by atoms with van der Waals surface area (Å²) < 4.78 is 45.4. The first-order valence-electron chi connectivity index (χ1n) is 7.19. The van der Waals surface area contributed by atoms with Crippen LogP contribution in [0.3, 0.4) is 0 Å². The summed E-state index contributed by atoms with van der Waals surface area (Å²) in [4.78, 5) is 20.4. The van der Waals surface area contributed by atoms with Gasteiger partial charge in [-0.15, -0.1) is 6.42 Å². The van der Waals surface area contributed by atoms with Crippen molar-refractivity contribution < 1.29 is 17.9 Å². The quantitative estimate of drug-likeness (QED) is 0.854. The maximum atomic E-state index is 12.6. The zero-order valence-electron chi connectivity index (χ0n) is 12.5. The van der Waals surface area contributed by atoms with E-state index >= 15 is 0 Å². The molecule has 0 radical (unpaired) electrons. The number of rotatable bonds is 3. The predicted octanol–water partition coefficient (Wildman–Crippen LogP) is 1.44. The number of ether oxygens (including phenoxy) is 1. The van der Waals surface area contributed by atoms with Crippen molar-refractivity contribution in [2.24, 2.45) is 0 Å². The summed E-state index contributed by atoms with van der Waals surface area (Å²) in [6.07, 6.45) is -0.145. The second-order valence-electron chi connectivity index (χ2n) is 5.49. The molecule has 0 saturated carbocycles. The minimum Gasteiger partial charge on any atom is -0.368 e. The third-order valence-corrected chi connectivity index (χ3v) is 3.81. The van der Waals surface area contributed by atoms with E-state index in [1.165, 1.54) is 15.3 Å². The Labute approximate surface area is 134 Å². The van der Waals surface area contributed by atoms with E-state index < -0.39 is 30.6 Å². The summed E-state index contributed by atoms with van der Waals surface area (Å²) in [6.45, 7) is -0.0195. The molecule has 0 spiro atoms. The minimum atomic E-state index is -4.32. The van der Waals surface area contributed by atoms with Crippen molar-refractivity contribution in [3.05, 3.63) is 16.7 Å². The highest BCUT2D eigenvalue weighted by Gasteiger charge is 2.38. The molecule has 2 unspecified atom stereocenters. The van der Waals surface area contributed by atoms with Crippen molar-refractivity contribution in [3.8, 4) is 12.3 Å². The number of alkyl halides is 3. The summed E-state index contributed by atoms with van der Waals surface area (Å²) >= 11 is 0. The van der Waals surface area contributed by atoms with Crippen molar-refractivity contribution in [1.29, 1.82) is 0 Å². The van der Waals surface area contributed by atoms with Gasteiger partial charge >= 0.3 is 11.9 Å². The van der Waals surface area contributed by atoms with Crippen LogP contribution in [0.15, 0.2) is 11.0 Å². The molecule has 1 aliphatic heterocycles. The molecule has 128 valence electrons. The zero-order valence-corrected chi connectivity index (χ0v) is 12.5. The molecule has 24 heavy (non-hydrogen) atoms. The average Bonchev–Trinajstić information content (AvgIpc) is 3.01. The highest BCUT2D eigenvalue weighted by Crippen LogP contribution is 2.35. The van der Waals surface area contributed by atoms with E-state index in [0.29, 0.717) is 5.52 Å². The van der Waals surface area contributed by atoms with Gasteiger partial charge in [0.1, 0.15) is 11.7 Å². The fraction of sp³-hybridized carbons (Fsp3) is 0.500. The molecule has 1 fully saturated rings. The first-order valence-corrected chi connectivity index (χ1v) is 7.19. The van der Waals surface area contributed by atoms with Gasteiger partial charge in [0, 0.05) is 0 Å². The first-order chi connectivity index (χ1) is 11.3. The van der Waals surface area contributed by atoms with Crippen LogP contribution in [0.25, 0.3) is 11.2 Å². The lowest BCUT2D eigenvalue weighted by Gasteiger charge is -2.16. The van der Waals surface area contributed by atoms with E-state index in [9.17, 15) is 18.0 Å². The number of anilines is 1. The number of hydrogen-bond donors (Lipinski definition) is 1. The highest BCUT2D eigenvalue weighted by atomic mass is 19.4. The molecular formula is C14H14F3N5O2. The van der Waals surface area contributed by atoms with Gasteiger partial charge in [0.25, 0.3) is 0 Å². The summed E-state index contributed by atoms with van der Waals surface area (Å²) in [5.74, 6) is 2.29. The molecule has 3 heterocycles. The van der Waals surface area contributed by atoms with Crippen molar-refractivity contribution >= 4 is 17.1 Å². The summed E-state index contributed by atoms with van der Waals surface area (Å²) in [6, 6.07) is 0. The predicted molar refractivity (Wildman–Crippen MR) is 78.8 cm³/mol. The maximum Gasteiger partial charge on any atom is 0.391 e. The van der Waals surface area contributed by atoms with Gasteiger partial charge in [0.15, 0.2) is 5.65 Å². The Bertz CT molecular complexity index is 864. The van der Waals surface area contributed by atoms with E-state index in [2.05, 4.69) is 15.9 Å². The number of terminal acetylenes is 1. The smallest absolute Gasteiger partial charge is 0.368 e. The largest absolute Gasteiger partial charge is 0.391 e. The van der Waals surface area contributed by atoms with Crippen molar-refractivity contribution in [3.63, 3.8) is 0 Å². The molecule has 2 atom stereocenters. The maximum absolute atomic E-state index is 12.6. The van der Waals surface area contributed by atoms with Gasteiger partial charge in [-0.3, -0.25) is 4.57 Å². The van der Waals surface area contributed by atoms with Crippen molar-refractivity contribution in [1.82, 2.24) is 19.1 Å². The second-order valence-corrected chi connectivity index (χ2v) is 5.49. The number of aromatic nitrogens is 4. The summed E-state index contributed by atoms with van der Waals surface area (Å²) in [5, 5.41) is 0. The van der Waals surface area contributed by atoms with E-state index in [1.807, 2.05) is 0 Å². The first kappa shape index (κ1) is 16.3.